The van der Waals surface area contributed by atoms with Crippen LogP contribution in [0, 0.1) is 12.8 Å². The Kier molecular flexibility index (Phi) is 11.8. The number of carbonyl (C=O) groups excluding carboxylic acids is 3. The van der Waals surface area contributed by atoms with Gasteiger partial charge in [0.15, 0.2) is 0 Å². The van der Waals surface area contributed by atoms with Gasteiger partial charge in [-0.15, -0.1) is 0 Å². The van der Waals surface area contributed by atoms with Gasteiger partial charge in [0, 0.05) is 26.6 Å². The molecule has 0 aromatic heterocycles. The van der Waals surface area contributed by atoms with Crippen LogP contribution in [0.1, 0.15) is 69.1 Å². The zero-order valence-electron chi connectivity index (χ0n) is 26.7. The molecule has 1 heterocycles. The van der Waals surface area contributed by atoms with Crippen molar-refractivity contribution in [2.75, 3.05) is 26.7 Å². The molecule has 4 rings (SSSR count). The lowest BCUT2D eigenvalue weighted by Crippen LogP contribution is -2.64. The van der Waals surface area contributed by atoms with Gasteiger partial charge in [-0.3, -0.25) is 14.4 Å². The zero-order chi connectivity index (χ0) is 31.7. The Morgan fingerprint density at radius 2 is 1.64 bits per heavy atom. The van der Waals surface area contributed by atoms with Gasteiger partial charge in [0.05, 0.1) is 11.6 Å². The molecule has 2 aliphatic rings. The van der Waals surface area contributed by atoms with Gasteiger partial charge < -0.3 is 30.7 Å². The van der Waals surface area contributed by atoms with Gasteiger partial charge >= 0.3 is 0 Å². The molecule has 240 valence electrons. The van der Waals surface area contributed by atoms with Crippen molar-refractivity contribution in [3.05, 3.63) is 65.2 Å². The van der Waals surface area contributed by atoms with Gasteiger partial charge in [-0.2, -0.15) is 0 Å². The summed E-state index contributed by atoms with van der Waals surface area (Å²) in [5.41, 5.74) is 1.49. The topological polar surface area (TPSA) is 120 Å². The lowest BCUT2D eigenvalue weighted by atomic mass is 9.82. The van der Waals surface area contributed by atoms with Crippen LogP contribution in [0.4, 0.5) is 0 Å². The van der Waals surface area contributed by atoms with E-state index in [-0.39, 0.29) is 24.2 Å². The number of nitrogens with one attached hydrogen (secondary N) is 3. The smallest absolute Gasteiger partial charge is 0.246 e. The molecule has 9 nitrogen and oxygen atoms in total. The van der Waals surface area contributed by atoms with E-state index in [0.717, 1.165) is 54.5 Å². The number of nitrogens with zero attached hydrogens (tertiary/aromatic N) is 1. The number of likely N-dealkylation sites (N-methyl/N-ethyl adjacent to an activating group) is 1. The normalized spacial score (nSPS) is 23.9. The third-order valence-electron chi connectivity index (χ3n) is 8.85. The third-order valence-corrected chi connectivity index (χ3v) is 8.85. The first-order valence-corrected chi connectivity index (χ1v) is 16.1. The summed E-state index contributed by atoms with van der Waals surface area (Å²) in [6, 6.07) is 13.1. The second-order valence-electron chi connectivity index (χ2n) is 12.9. The van der Waals surface area contributed by atoms with E-state index in [1.165, 1.54) is 18.7 Å². The van der Waals surface area contributed by atoms with Crippen LogP contribution >= 0.6 is 0 Å². The largest absolute Gasteiger partial charge is 0.492 e. The molecule has 44 heavy (non-hydrogen) atoms. The first-order valence-electron chi connectivity index (χ1n) is 16.1. The van der Waals surface area contributed by atoms with Gasteiger partial charge in [-0.05, 0) is 69.6 Å². The van der Waals surface area contributed by atoms with Gasteiger partial charge in [0.2, 0.25) is 17.7 Å². The van der Waals surface area contributed by atoms with Crippen LogP contribution in [-0.4, -0.2) is 78.2 Å². The van der Waals surface area contributed by atoms with Crippen LogP contribution in [0.2, 0.25) is 0 Å². The molecular weight excluding hydrogens is 556 g/mol. The highest BCUT2D eigenvalue weighted by Crippen LogP contribution is 2.29. The molecule has 0 spiro atoms. The van der Waals surface area contributed by atoms with E-state index in [9.17, 15) is 19.5 Å². The molecule has 1 fully saturated rings. The molecule has 0 bridgehead atoms. The predicted octanol–water partition coefficient (Wildman–Crippen LogP) is 3.30. The predicted molar refractivity (Wildman–Crippen MR) is 171 cm³/mol. The van der Waals surface area contributed by atoms with Crippen LogP contribution < -0.4 is 20.7 Å². The van der Waals surface area contributed by atoms with Gasteiger partial charge in [-0.1, -0.05) is 67.3 Å². The molecule has 1 aliphatic carbocycles. The van der Waals surface area contributed by atoms with E-state index in [1.54, 1.807) is 7.05 Å². The average molecular weight is 607 g/mol. The summed E-state index contributed by atoms with van der Waals surface area (Å²) in [5, 5.41) is 20.6. The quantitative estimate of drug-likeness (QED) is 0.424. The lowest BCUT2D eigenvalue weighted by Gasteiger charge is -2.40. The van der Waals surface area contributed by atoms with E-state index < -0.39 is 29.6 Å². The highest BCUT2D eigenvalue weighted by atomic mass is 16.5. The lowest BCUT2D eigenvalue weighted by molar-refractivity contribution is -0.151. The maximum Gasteiger partial charge on any atom is 0.246 e. The minimum atomic E-state index is -1.57. The zero-order valence-corrected chi connectivity index (χ0v) is 26.7. The van der Waals surface area contributed by atoms with Crippen molar-refractivity contribution < 1.29 is 24.2 Å². The van der Waals surface area contributed by atoms with Crippen molar-refractivity contribution in [3.63, 3.8) is 0 Å². The minimum absolute atomic E-state index is 0.113. The Morgan fingerprint density at radius 3 is 2.34 bits per heavy atom. The number of fused-ring (bicyclic) bond motifs is 1. The van der Waals surface area contributed by atoms with Gasteiger partial charge in [0.1, 0.15) is 24.4 Å². The molecule has 4 N–H and O–H groups in total. The fraction of sp³-hybridized carbons (Fsp3) is 0.571. The Balaban J connectivity index is 1.65. The maximum atomic E-state index is 14.2. The summed E-state index contributed by atoms with van der Waals surface area (Å²) >= 11 is 0. The van der Waals surface area contributed by atoms with Crippen molar-refractivity contribution >= 4 is 17.7 Å². The van der Waals surface area contributed by atoms with Crippen LogP contribution in [0.25, 0.3) is 0 Å². The van der Waals surface area contributed by atoms with Crippen LogP contribution in [-0.2, 0) is 27.2 Å². The SMILES string of the molecule is Cc1ccc(C[C@H]2NC(=O)[C@H](C(C)(C)O)N(C)C(=O)[C@H](C3CCCCC3)NCCOc3ccccc3CCCNC2=O)cc1. The molecule has 3 atom stereocenters. The molecule has 0 saturated heterocycles. The molecule has 1 aliphatic heterocycles. The van der Waals surface area contributed by atoms with E-state index in [1.807, 2.05) is 55.5 Å². The summed E-state index contributed by atoms with van der Waals surface area (Å²) in [6.45, 7) is 6.31. The summed E-state index contributed by atoms with van der Waals surface area (Å²) in [7, 11) is 1.57. The standard InChI is InChI=1S/C35H50N4O5/c1-24-16-18-25(19-17-24)23-28-32(40)37-20-10-14-26-11-8-9-15-29(26)44-22-21-36-30(27-12-6-5-7-13-27)34(42)39(4)31(33(41)38-28)35(2,3)43/h8-9,11,15-19,27-28,30-31,36,43H,5-7,10,12-14,20-23H2,1-4H3,(H,37,40)(H,38,41)/t28-,30+,31-/m1/s1. The number of amides is 3. The van der Waals surface area contributed by atoms with Crippen molar-refractivity contribution in [3.8, 4) is 5.75 Å². The fourth-order valence-corrected chi connectivity index (χ4v) is 6.50. The summed E-state index contributed by atoms with van der Waals surface area (Å²) < 4.78 is 6.16. The minimum Gasteiger partial charge on any atom is -0.492 e. The third kappa shape index (κ3) is 9.05. The van der Waals surface area contributed by atoms with Crippen molar-refractivity contribution in [2.24, 2.45) is 5.92 Å². The highest BCUT2D eigenvalue weighted by Gasteiger charge is 2.43. The Bertz CT molecular complexity index is 1250. The number of aliphatic hydroxyl groups is 1. The van der Waals surface area contributed by atoms with Crippen LogP contribution in [0.5, 0.6) is 5.75 Å². The number of aryl methyl sites for hydroxylation is 2. The van der Waals surface area contributed by atoms with Crippen LogP contribution in [0.3, 0.4) is 0 Å². The number of rotatable bonds is 4. The number of hydrogen-bond donors (Lipinski definition) is 4. The number of carbonyl (C=O) groups is 3. The second-order valence-corrected chi connectivity index (χ2v) is 12.9. The highest BCUT2D eigenvalue weighted by molar-refractivity contribution is 5.94. The molecule has 2 aromatic carbocycles. The molecule has 2 aromatic rings. The first-order chi connectivity index (χ1) is 21.0. The Hall–Kier alpha value is -3.43. The molecule has 0 radical (unpaired) electrons. The molecule has 9 heteroatoms. The van der Waals surface area contributed by atoms with Gasteiger partial charge in [0.25, 0.3) is 0 Å². The molecule has 3 amide bonds. The van der Waals surface area contributed by atoms with Crippen molar-refractivity contribution in [1.82, 2.24) is 20.9 Å². The summed E-state index contributed by atoms with van der Waals surface area (Å²) in [5.74, 6) is -0.218. The maximum absolute atomic E-state index is 14.2. The summed E-state index contributed by atoms with van der Waals surface area (Å²) in [4.78, 5) is 43.0. The van der Waals surface area contributed by atoms with E-state index in [0.29, 0.717) is 32.5 Å². The Morgan fingerprint density at radius 1 is 0.932 bits per heavy atom. The molecule has 0 unspecified atom stereocenters. The van der Waals surface area contributed by atoms with E-state index in [4.69, 9.17) is 4.74 Å². The van der Waals surface area contributed by atoms with Gasteiger partial charge in [-0.25, -0.2) is 0 Å². The number of hydrogen-bond acceptors (Lipinski definition) is 6. The second kappa shape index (κ2) is 15.5. The molecule has 1 saturated carbocycles. The molecular formula is C35H50N4O5. The number of benzene rings is 2. The summed E-state index contributed by atoms with van der Waals surface area (Å²) in [6.07, 6.45) is 6.77. The monoisotopic (exact) mass is 606 g/mol. The number of para-hydroxylation sites is 1. The van der Waals surface area contributed by atoms with Crippen molar-refractivity contribution in [1.29, 1.82) is 0 Å². The first kappa shape index (κ1) is 33.5. The average Bonchev–Trinajstić information content (AvgIpc) is 2.99. The van der Waals surface area contributed by atoms with Crippen molar-refractivity contribution in [2.45, 2.75) is 95.9 Å². The van der Waals surface area contributed by atoms with E-state index >= 15 is 0 Å². The van der Waals surface area contributed by atoms with E-state index in [2.05, 4.69) is 16.0 Å². The number of ether oxygens (including phenoxy) is 1. The fourth-order valence-electron chi connectivity index (χ4n) is 6.50. The van der Waals surface area contributed by atoms with Crippen LogP contribution in [0.15, 0.2) is 48.5 Å². The Labute approximate surface area is 262 Å².